The molecule has 0 aliphatic carbocycles. The summed E-state index contributed by atoms with van der Waals surface area (Å²) in [6.45, 7) is 4.11. The molecular formula is C25H32ClN3O4S. The van der Waals surface area contributed by atoms with Gasteiger partial charge in [-0.05, 0) is 42.7 Å². The molecule has 0 radical (unpaired) electrons. The highest BCUT2D eigenvalue weighted by Crippen LogP contribution is 2.23. The smallest absolute Gasteiger partial charge is 0.247 e. The number of thioether (sulfide) groups is 1. The highest BCUT2D eigenvalue weighted by molar-refractivity contribution is 7.99. The van der Waals surface area contributed by atoms with Crippen molar-refractivity contribution < 1.29 is 19.6 Å². The fourth-order valence-electron chi connectivity index (χ4n) is 3.33. The molecule has 0 bridgehead atoms. The van der Waals surface area contributed by atoms with Crippen molar-refractivity contribution in [1.29, 1.82) is 0 Å². The summed E-state index contributed by atoms with van der Waals surface area (Å²) in [6.07, 6.45) is 0.515. The maximum absolute atomic E-state index is 12.8. The summed E-state index contributed by atoms with van der Waals surface area (Å²) < 4.78 is 0. The molecule has 0 aliphatic heterocycles. The Kier molecular flexibility index (Phi) is 11.4. The van der Waals surface area contributed by atoms with Gasteiger partial charge in [-0.25, -0.2) is 5.06 Å². The molecule has 1 atom stereocenters. The second-order valence-corrected chi connectivity index (χ2v) is 9.84. The molecule has 34 heavy (non-hydrogen) atoms. The van der Waals surface area contributed by atoms with Crippen LogP contribution >= 0.6 is 23.4 Å². The minimum atomic E-state index is -0.597. The molecule has 2 N–H and O–H groups in total. The van der Waals surface area contributed by atoms with Gasteiger partial charge in [0.1, 0.15) is 0 Å². The lowest BCUT2D eigenvalue weighted by Crippen LogP contribution is -2.38. The van der Waals surface area contributed by atoms with E-state index in [4.69, 9.17) is 11.6 Å². The van der Waals surface area contributed by atoms with Gasteiger partial charge in [-0.1, -0.05) is 49.7 Å². The molecule has 0 saturated carbocycles. The molecule has 3 amide bonds. The molecule has 184 valence electrons. The topological polar surface area (TPSA) is 90.0 Å². The van der Waals surface area contributed by atoms with E-state index < -0.39 is 11.8 Å². The van der Waals surface area contributed by atoms with Gasteiger partial charge < -0.3 is 10.2 Å². The van der Waals surface area contributed by atoms with Crippen LogP contribution in [0, 0.1) is 11.8 Å². The Morgan fingerprint density at radius 3 is 2.41 bits per heavy atom. The van der Waals surface area contributed by atoms with Crippen LogP contribution in [0.2, 0.25) is 5.02 Å². The first kappa shape index (κ1) is 27.7. The first-order valence-corrected chi connectivity index (χ1v) is 12.5. The Labute approximate surface area is 210 Å². The Balaban J connectivity index is 1.85. The maximum atomic E-state index is 12.8. The number of anilines is 1. The molecule has 0 heterocycles. The minimum Gasteiger partial charge on any atom is -0.355 e. The van der Waals surface area contributed by atoms with Gasteiger partial charge in [-0.2, -0.15) is 0 Å². The van der Waals surface area contributed by atoms with Crippen LogP contribution in [0.4, 0.5) is 5.69 Å². The van der Waals surface area contributed by atoms with E-state index in [1.165, 1.54) is 11.8 Å². The van der Waals surface area contributed by atoms with Gasteiger partial charge in [-0.3, -0.25) is 19.6 Å². The fourth-order valence-corrected chi connectivity index (χ4v) is 4.39. The van der Waals surface area contributed by atoms with Crippen LogP contribution in [0.1, 0.15) is 33.1 Å². The first-order valence-electron chi connectivity index (χ1n) is 11.1. The van der Waals surface area contributed by atoms with E-state index in [-0.39, 0.29) is 43.0 Å². The number of amides is 3. The van der Waals surface area contributed by atoms with E-state index in [1.54, 1.807) is 30.1 Å². The van der Waals surface area contributed by atoms with Crippen LogP contribution in [-0.2, 0) is 14.4 Å². The largest absolute Gasteiger partial charge is 0.355 e. The maximum Gasteiger partial charge on any atom is 0.247 e. The normalized spacial score (nSPS) is 11.7. The van der Waals surface area contributed by atoms with Gasteiger partial charge in [0.25, 0.3) is 0 Å². The van der Waals surface area contributed by atoms with Crippen molar-refractivity contribution in [2.45, 2.75) is 38.0 Å². The van der Waals surface area contributed by atoms with Crippen LogP contribution in [0.5, 0.6) is 0 Å². The Morgan fingerprint density at radius 1 is 1.06 bits per heavy atom. The lowest BCUT2D eigenvalue weighted by atomic mass is 9.93. The summed E-state index contributed by atoms with van der Waals surface area (Å²) in [7, 11) is 1.69. The van der Waals surface area contributed by atoms with E-state index in [0.29, 0.717) is 16.5 Å². The summed E-state index contributed by atoms with van der Waals surface area (Å²) >= 11 is 7.23. The van der Waals surface area contributed by atoms with Gasteiger partial charge in [0.15, 0.2) is 0 Å². The third-order valence-corrected chi connectivity index (χ3v) is 6.34. The standard InChI is InChI=1S/C25H32ClN3O4S/c1-18(2)14-19(15-24(31)29(33)17-34-22-11-7-8-20(26)16-22)25(32)27-13-12-23(30)28(3)21-9-5-4-6-10-21/h4-11,16,18-19,33H,12-15,17H2,1-3H3,(H,27,32)/t19-/m1/s1. The number of benzene rings is 2. The number of rotatable bonds is 12. The van der Waals surface area contributed by atoms with E-state index in [0.717, 1.165) is 10.6 Å². The molecule has 0 aliphatic rings. The van der Waals surface area contributed by atoms with E-state index in [1.807, 2.05) is 50.2 Å². The van der Waals surface area contributed by atoms with Crippen molar-refractivity contribution in [2.75, 3.05) is 24.4 Å². The molecule has 0 fully saturated rings. The molecule has 9 heteroatoms. The number of hydrogen-bond acceptors (Lipinski definition) is 5. The SMILES string of the molecule is CC(C)C[C@H](CC(=O)N(O)CSc1cccc(Cl)c1)C(=O)NCCC(=O)N(C)c1ccccc1. The van der Waals surface area contributed by atoms with Crippen molar-refractivity contribution in [3.63, 3.8) is 0 Å². The van der Waals surface area contributed by atoms with Crippen molar-refractivity contribution in [2.24, 2.45) is 11.8 Å². The number of nitrogens with one attached hydrogen (secondary N) is 1. The monoisotopic (exact) mass is 505 g/mol. The van der Waals surface area contributed by atoms with Crippen LogP contribution in [0.15, 0.2) is 59.5 Å². The molecule has 2 rings (SSSR count). The average molecular weight is 506 g/mol. The average Bonchev–Trinajstić information content (AvgIpc) is 2.81. The summed E-state index contributed by atoms with van der Waals surface area (Å²) in [6, 6.07) is 16.4. The van der Waals surface area contributed by atoms with Crippen LogP contribution in [0.25, 0.3) is 0 Å². The summed E-state index contributed by atoms with van der Waals surface area (Å²) in [5.74, 6) is -1.34. The molecule has 0 spiro atoms. The lowest BCUT2D eigenvalue weighted by Gasteiger charge is -2.22. The Bertz CT molecular complexity index is 958. The molecule has 2 aromatic rings. The van der Waals surface area contributed by atoms with Crippen molar-refractivity contribution >= 4 is 46.8 Å². The fraction of sp³-hybridized carbons (Fsp3) is 0.400. The third kappa shape index (κ3) is 9.37. The Morgan fingerprint density at radius 2 is 1.76 bits per heavy atom. The molecule has 7 nitrogen and oxygen atoms in total. The van der Waals surface area contributed by atoms with Gasteiger partial charge in [0.05, 0.1) is 5.88 Å². The van der Waals surface area contributed by atoms with E-state index >= 15 is 0 Å². The lowest BCUT2D eigenvalue weighted by molar-refractivity contribution is -0.163. The zero-order chi connectivity index (χ0) is 25.1. The summed E-state index contributed by atoms with van der Waals surface area (Å²) in [5, 5.41) is 14.2. The first-order chi connectivity index (χ1) is 16.2. The van der Waals surface area contributed by atoms with Gasteiger partial charge >= 0.3 is 0 Å². The predicted molar refractivity (Wildman–Crippen MR) is 136 cm³/mol. The van der Waals surface area contributed by atoms with Crippen molar-refractivity contribution in [1.82, 2.24) is 10.4 Å². The Hall–Kier alpha value is -2.55. The third-order valence-electron chi connectivity index (χ3n) is 5.14. The van der Waals surface area contributed by atoms with Crippen LogP contribution in [0.3, 0.4) is 0 Å². The number of hydrogen-bond donors (Lipinski definition) is 2. The van der Waals surface area contributed by atoms with Gasteiger partial charge in [0.2, 0.25) is 17.7 Å². The highest BCUT2D eigenvalue weighted by atomic mass is 35.5. The number of carbonyl (C=O) groups excluding carboxylic acids is 3. The summed E-state index contributed by atoms with van der Waals surface area (Å²) in [4.78, 5) is 40.1. The molecule has 2 aromatic carbocycles. The minimum absolute atomic E-state index is 0.0233. The zero-order valence-corrected chi connectivity index (χ0v) is 21.3. The predicted octanol–water partition coefficient (Wildman–Crippen LogP) is 4.83. The second-order valence-electron chi connectivity index (χ2n) is 8.38. The number of para-hydroxylation sites is 1. The second kappa shape index (κ2) is 14.0. The molecule has 0 saturated heterocycles. The van der Waals surface area contributed by atoms with Crippen molar-refractivity contribution in [3.05, 3.63) is 59.6 Å². The number of halogens is 1. The van der Waals surface area contributed by atoms with Gasteiger partial charge in [-0.15, -0.1) is 11.8 Å². The number of nitrogens with zero attached hydrogens (tertiary/aromatic N) is 2. The summed E-state index contributed by atoms with van der Waals surface area (Å²) in [5.41, 5.74) is 0.779. The molecule has 0 unspecified atom stereocenters. The molecule has 0 aromatic heterocycles. The number of carbonyl (C=O) groups is 3. The van der Waals surface area contributed by atoms with Crippen LogP contribution in [-0.4, -0.2) is 47.5 Å². The van der Waals surface area contributed by atoms with E-state index in [9.17, 15) is 19.6 Å². The van der Waals surface area contributed by atoms with E-state index in [2.05, 4.69) is 5.32 Å². The quantitative estimate of drug-likeness (QED) is 0.187. The zero-order valence-electron chi connectivity index (χ0n) is 19.7. The van der Waals surface area contributed by atoms with Crippen molar-refractivity contribution in [3.8, 4) is 0 Å². The molecular weight excluding hydrogens is 474 g/mol. The van der Waals surface area contributed by atoms with Crippen LogP contribution < -0.4 is 10.2 Å². The van der Waals surface area contributed by atoms with Gasteiger partial charge in [0, 0.05) is 48.0 Å². The highest BCUT2D eigenvalue weighted by Gasteiger charge is 2.25. The number of hydroxylamine groups is 2.